The molecule has 5 nitrogen and oxygen atoms in total. The number of hydrogen-bond donors (Lipinski definition) is 2. The number of β-amino-alcohol motifs (C(OH)–C–C–N with tert-alkyl or cyclic N) is 1. The highest BCUT2D eigenvalue weighted by Gasteiger charge is 2.24. The van der Waals surface area contributed by atoms with E-state index in [1.165, 1.54) is 0 Å². The van der Waals surface area contributed by atoms with Crippen LogP contribution < -0.4 is 5.73 Å². The van der Waals surface area contributed by atoms with E-state index >= 15 is 0 Å². The van der Waals surface area contributed by atoms with Crippen molar-refractivity contribution in [3.05, 3.63) is 0 Å². The van der Waals surface area contributed by atoms with Crippen molar-refractivity contribution in [2.24, 2.45) is 5.73 Å². The number of rotatable bonds is 1. The zero-order valence-corrected chi connectivity index (χ0v) is 13.9. The summed E-state index contributed by atoms with van der Waals surface area (Å²) in [4.78, 5) is 11.6. The average Bonchev–Trinajstić information content (AvgIpc) is 2.61. The van der Waals surface area contributed by atoms with Crippen LogP contribution >= 0.6 is 0 Å². The third kappa shape index (κ3) is 17.4. The fourth-order valence-corrected chi connectivity index (χ4v) is 1.16. The van der Waals surface area contributed by atoms with Crippen molar-refractivity contribution in [3.8, 4) is 0 Å². The zero-order chi connectivity index (χ0) is 16.1. The Balaban J connectivity index is -0.000000215. The number of hydrogen-bond acceptors (Lipinski definition) is 5. The molecule has 118 valence electrons. The van der Waals surface area contributed by atoms with Crippen molar-refractivity contribution in [1.29, 1.82) is 0 Å². The van der Waals surface area contributed by atoms with Gasteiger partial charge in [0.05, 0.1) is 6.10 Å². The van der Waals surface area contributed by atoms with Crippen LogP contribution in [0.1, 0.15) is 48.5 Å². The number of aliphatic hydroxyl groups excluding tert-OH is 1. The summed E-state index contributed by atoms with van der Waals surface area (Å²) in [5.41, 5.74) is 5.16. The summed E-state index contributed by atoms with van der Waals surface area (Å²) in [6.07, 6.45) is -0.306. The summed E-state index contributed by atoms with van der Waals surface area (Å²) in [6.45, 7) is 15.5. The minimum absolute atomic E-state index is 0.0278. The molecular weight excluding hydrogens is 244 g/mol. The Labute approximate surface area is 119 Å². The molecule has 2 atom stereocenters. The smallest absolute Gasteiger partial charge is 0.293 e. The van der Waals surface area contributed by atoms with Gasteiger partial charge in [0, 0.05) is 19.1 Å². The lowest BCUT2D eigenvalue weighted by atomic mass is 10.2. The van der Waals surface area contributed by atoms with E-state index in [9.17, 15) is 4.79 Å². The van der Waals surface area contributed by atoms with Crippen molar-refractivity contribution in [2.75, 3.05) is 20.1 Å². The van der Waals surface area contributed by atoms with E-state index in [1.54, 1.807) is 0 Å². The van der Waals surface area contributed by atoms with Gasteiger partial charge in [-0.15, -0.1) is 0 Å². The molecule has 2 unspecified atom stereocenters. The number of carbonyl (C=O) groups excluding carboxylic acids is 1. The number of likely N-dealkylation sites (tertiary alicyclic amines) is 1. The Morgan fingerprint density at radius 3 is 1.68 bits per heavy atom. The number of ether oxygens (including phenoxy) is 1. The maximum absolute atomic E-state index is 9.60. The number of aliphatic hydroxyl groups is 1. The number of nitrogens with zero attached hydrogens (tertiary/aromatic N) is 1. The van der Waals surface area contributed by atoms with Gasteiger partial charge in [0.25, 0.3) is 6.47 Å². The Kier molecular flexibility index (Phi) is 17.0. The van der Waals surface area contributed by atoms with E-state index in [-0.39, 0.29) is 17.7 Å². The van der Waals surface area contributed by atoms with Crippen molar-refractivity contribution >= 4 is 6.47 Å². The van der Waals surface area contributed by atoms with Crippen LogP contribution in [0.3, 0.4) is 0 Å². The highest BCUT2D eigenvalue weighted by atomic mass is 16.5. The number of likely N-dealkylation sites (N-methyl/N-ethyl adjacent to an activating group) is 1. The third-order valence-electron chi connectivity index (χ3n) is 1.92. The lowest BCUT2D eigenvalue weighted by Gasteiger charge is -2.14. The van der Waals surface area contributed by atoms with Gasteiger partial charge in [-0.1, -0.05) is 27.7 Å². The molecule has 1 rings (SSSR count). The van der Waals surface area contributed by atoms with E-state index in [4.69, 9.17) is 10.8 Å². The molecule has 0 amide bonds. The summed E-state index contributed by atoms with van der Waals surface area (Å²) in [7, 11) is 1.95. The van der Waals surface area contributed by atoms with Gasteiger partial charge in [0.2, 0.25) is 0 Å². The van der Waals surface area contributed by atoms with Crippen molar-refractivity contribution in [1.82, 2.24) is 4.90 Å². The quantitative estimate of drug-likeness (QED) is 0.713. The van der Waals surface area contributed by atoms with Crippen LogP contribution in [0.4, 0.5) is 0 Å². The molecule has 5 heteroatoms. The van der Waals surface area contributed by atoms with Crippen LogP contribution in [0, 0.1) is 0 Å². The first kappa shape index (κ1) is 23.4. The van der Waals surface area contributed by atoms with Gasteiger partial charge in [-0.2, -0.15) is 0 Å². The molecule has 1 fully saturated rings. The van der Waals surface area contributed by atoms with E-state index in [1.807, 2.05) is 60.4 Å². The van der Waals surface area contributed by atoms with Gasteiger partial charge in [0.1, 0.15) is 5.60 Å². The molecule has 3 N–H and O–H groups in total. The molecule has 0 aliphatic carbocycles. The van der Waals surface area contributed by atoms with Gasteiger partial charge in [-0.05, 0) is 27.8 Å². The predicted molar refractivity (Wildman–Crippen MR) is 81.1 cm³/mol. The third-order valence-corrected chi connectivity index (χ3v) is 1.92. The first-order valence-corrected chi connectivity index (χ1v) is 7.00. The van der Waals surface area contributed by atoms with Crippen LogP contribution in [0.5, 0.6) is 0 Å². The van der Waals surface area contributed by atoms with Crippen molar-refractivity contribution in [2.45, 2.75) is 66.2 Å². The minimum Gasteiger partial charge on any atom is -0.462 e. The van der Waals surface area contributed by atoms with E-state index < -0.39 is 0 Å². The highest BCUT2D eigenvalue weighted by molar-refractivity contribution is 5.37. The largest absolute Gasteiger partial charge is 0.462 e. The summed E-state index contributed by atoms with van der Waals surface area (Å²) >= 11 is 0. The molecule has 1 heterocycles. The zero-order valence-electron chi connectivity index (χ0n) is 13.9. The second-order valence-electron chi connectivity index (χ2n) is 4.78. The van der Waals surface area contributed by atoms with Gasteiger partial charge >= 0.3 is 0 Å². The molecule has 0 saturated carbocycles. The molecular formula is C14H34N2O3. The molecule has 1 aliphatic heterocycles. The second-order valence-corrected chi connectivity index (χ2v) is 4.78. The number of nitrogens with two attached hydrogens (primary N) is 1. The number of carbonyl (C=O) groups is 1. The molecule has 19 heavy (non-hydrogen) atoms. The Bertz CT molecular complexity index is 184. The van der Waals surface area contributed by atoms with Crippen LogP contribution in [0.25, 0.3) is 0 Å². The Morgan fingerprint density at radius 1 is 1.21 bits per heavy atom. The SMILES string of the molecule is CC.CC.CC(C)(C)OC=O.CN1CC(N)C(O)C1. The van der Waals surface area contributed by atoms with Crippen LogP contribution in [-0.2, 0) is 9.53 Å². The summed E-state index contributed by atoms with van der Waals surface area (Å²) < 4.78 is 4.55. The van der Waals surface area contributed by atoms with Crippen LogP contribution in [0.15, 0.2) is 0 Å². The van der Waals surface area contributed by atoms with E-state index in [0.29, 0.717) is 6.47 Å². The van der Waals surface area contributed by atoms with Crippen molar-refractivity contribution < 1.29 is 14.6 Å². The maximum Gasteiger partial charge on any atom is 0.293 e. The second kappa shape index (κ2) is 13.8. The summed E-state index contributed by atoms with van der Waals surface area (Å²) in [5.74, 6) is 0. The lowest BCUT2D eigenvalue weighted by Crippen LogP contribution is -2.32. The Hall–Kier alpha value is -0.650. The molecule has 0 spiro atoms. The topological polar surface area (TPSA) is 75.8 Å². The van der Waals surface area contributed by atoms with Gasteiger partial charge in [0.15, 0.2) is 0 Å². The average molecular weight is 278 g/mol. The molecule has 0 aromatic carbocycles. The maximum atomic E-state index is 9.60. The molecule has 0 aromatic heterocycles. The highest BCUT2D eigenvalue weighted by Crippen LogP contribution is 2.03. The van der Waals surface area contributed by atoms with Crippen LogP contribution in [-0.4, -0.2) is 54.4 Å². The first-order chi connectivity index (χ1) is 8.76. The normalized spacial score (nSPS) is 21.8. The molecule has 1 aliphatic rings. The fourth-order valence-electron chi connectivity index (χ4n) is 1.16. The van der Waals surface area contributed by atoms with Crippen molar-refractivity contribution in [3.63, 3.8) is 0 Å². The molecule has 0 aromatic rings. The monoisotopic (exact) mass is 278 g/mol. The van der Waals surface area contributed by atoms with Gasteiger partial charge in [-0.3, -0.25) is 4.79 Å². The predicted octanol–water partition coefficient (Wildman–Crippen LogP) is 1.63. The van der Waals surface area contributed by atoms with Gasteiger partial charge < -0.3 is 20.5 Å². The lowest BCUT2D eigenvalue weighted by molar-refractivity contribution is -0.138. The standard InChI is InChI=1S/C5H12N2O.C5H10O2.2C2H6/c1-7-2-4(6)5(8)3-7;1-5(2,3)7-4-6;2*1-2/h4-5,8H,2-3,6H2,1H3;4H,1-3H3;2*1-2H3. The summed E-state index contributed by atoms with van der Waals surface area (Å²) in [5, 5.41) is 9.00. The van der Waals surface area contributed by atoms with E-state index in [0.717, 1.165) is 13.1 Å². The summed E-state index contributed by atoms with van der Waals surface area (Å²) in [6, 6.07) is -0.0278. The molecule has 0 radical (unpaired) electrons. The Morgan fingerprint density at radius 2 is 1.63 bits per heavy atom. The van der Waals surface area contributed by atoms with Gasteiger partial charge in [-0.25, -0.2) is 0 Å². The molecule has 0 bridgehead atoms. The minimum atomic E-state index is -0.318. The molecule has 1 saturated heterocycles. The first-order valence-electron chi connectivity index (χ1n) is 7.00. The van der Waals surface area contributed by atoms with Crippen LogP contribution in [0.2, 0.25) is 0 Å². The van der Waals surface area contributed by atoms with E-state index in [2.05, 4.69) is 4.74 Å². The fraction of sp³-hybridized carbons (Fsp3) is 0.929.